The molecule has 2 heteroatoms. The minimum atomic E-state index is -3.73. The van der Waals surface area contributed by atoms with Crippen LogP contribution in [0.4, 0.5) is 0 Å². The number of benzene rings is 2. The van der Waals surface area contributed by atoms with Crippen molar-refractivity contribution in [3.8, 4) is 5.75 Å². The molecule has 1 N–H and O–H groups in total. The Balaban J connectivity index is 2.72. The monoisotopic (exact) mass is 339 g/mol. The van der Waals surface area contributed by atoms with Gasteiger partial charge in [0.2, 0.25) is 0 Å². The van der Waals surface area contributed by atoms with E-state index in [1.807, 2.05) is 0 Å². The molecule has 2 nitrogen and oxygen atoms in total. The number of phenols is 1. The van der Waals surface area contributed by atoms with Crippen molar-refractivity contribution in [3.05, 3.63) is 65.2 Å². The smallest absolute Gasteiger partial charge is 0.119 e. The Morgan fingerprint density at radius 3 is 2.46 bits per heavy atom. The average Bonchev–Trinajstić information content (AvgIpc) is 2.77. The van der Waals surface area contributed by atoms with E-state index in [4.69, 9.17) is 19.2 Å². The lowest BCUT2D eigenvalue weighted by atomic mass is 9.87. The fraction of sp³-hybridized carbons (Fsp3) is 0.455. The number of aryl methyl sites for hydroxylation is 1. The zero-order chi connectivity index (χ0) is 29.5. The number of aromatic hydroxyl groups is 1. The van der Waals surface area contributed by atoms with Crippen molar-refractivity contribution in [3.63, 3.8) is 0 Å². The normalized spacial score (nSPS) is 24.6. The van der Waals surface area contributed by atoms with E-state index in [0.717, 1.165) is 5.56 Å². The summed E-state index contributed by atoms with van der Waals surface area (Å²) in [5.41, 5.74) is 1.74. The molecule has 2 aromatic rings. The highest BCUT2D eigenvalue weighted by Gasteiger charge is 2.19. The third-order valence-corrected chi connectivity index (χ3v) is 3.78. The number of hydrogen-bond acceptors (Lipinski definition) is 2. The first kappa shape index (κ1) is 7.21. The Labute approximate surface area is 166 Å². The molecule has 2 rings (SSSR count). The van der Waals surface area contributed by atoms with Crippen LogP contribution in [0.5, 0.6) is 5.75 Å². The second kappa shape index (κ2) is 9.48. The van der Waals surface area contributed by atoms with E-state index in [2.05, 4.69) is 0 Å². The SMILES string of the molecule is [2H]C([2H])([2H])C([2H])([2H])C([2H])([2H])N(CC[C@H](c1ccccc1)c1cc(C)ccc1O)C([2H])([2H])C([2H])([2H])C([2H])([2H])[2H]. The van der Waals surface area contributed by atoms with Crippen molar-refractivity contribution >= 4 is 0 Å². The summed E-state index contributed by atoms with van der Waals surface area (Å²) in [6, 6.07) is 13.3. The van der Waals surface area contributed by atoms with Gasteiger partial charge in [0, 0.05) is 30.7 Å². The molecule has 0 radical (unpaired) electrons. The quantitative estimate of drug-likeness (QED) is 0.666. The van der Waals surface area contributed by atoms with E-state index in [1.54, 1.807) is 49.4 Å². The van der Waals surface area contributed by atoms with Crippen LogP contribution in [0.1, 0.15) is 74.7 Å². The summed E-state index contributed by atoms with van der Waals surface area (Å²) < 4.78 is 111. The van der Waals surface area contributed by atoms with Gasteiger partial charge < -0.3 is 10.0 Å². The molecule has 0 bridgehead atoms. The summed E-state index contributed by atoms with van der Waals surface area (Å²) in [5.74, 6) is -0.875. The summed E-state index contributed by atoms with van der Waals surface area (Å²) in [4.78, 5) is 0.0154. The fourth-order valence-electron chi connectivity index (χ4n) is 2.67. The molecule has 0 saturated heterocycles. The van der Waals surface area contributed by atoms with Gasteiger partial charge in [0.15, 0.2) is 0 Å². The molecule has 2 aromatic carbocycles. The fourth-order valence-corrected chi connectivity index (χ4v) is 2.67. The molecule has 130 valence electrons. The van der Waals surface area contributed by atoms with Gasteiger partial charge in [-0.3, -0.25) is 0 Å². The predicted molar refractivity (Wildman–Crippen MR) is 103 cm³/mol. The van der Waals surface area contributed by atoms with Crippen LogP contribution in [0.15, 0.2) is 48.5 Å². The van der Waals surface area contributed by atoms with E-state index in [-0.39, 0.29) is 17.1 Å². The molecule has 0 heterocycles. The first-order valence-corrected chi connectivity index (χ1v) is 7.62. The Morgan fingerprint density at radius 1 is 1.08 bits per heavy atom. The van der Waals surface area contributed by atoms with E-state index in [9.17, 15) is 5.11 Å². The zero-order valence-corrected chi connectivity index (χ0v) is 13.5. The lowest BCUT2D eigenvalue weighted by Gasteiger charge is -2.25. The van der Waals surface area contributed by atoms with Crippen molar-refractivity contribution in [1.29, 1.82) is 0 Å². The average molecular weight is 340 g/mol. The van der Waals surface area contributed by atoms with Gasteiger partial charge in [-0.25, -0.2) is 0 Å². The molecule has 0 fully saturated rings. The van der Waals surface area contributed by atoms with Crippen molar-refractivity contribution in [2.24, 2.45) is 0 Å². The first-order valence-electron chi connectivity index (χ1n) is 14.6. The summed E-state index contributed by atoms with van der Waals surface area (Å²) in [6.07, 6.45) is -7.72. The molecule has 0 unspecified atom stereocenters. The Kier molecular flexibility index (Phi) is 2.85. The van der Waals surface area contributed by atoms with Gasteiger partial charge in [-0.15, -0.1) is 0 Å². The van der Waals surface area contributed by atoms with Gasteiger partial charge >= 0.3 is 0 Å². The Morgan fingerprint density at radius 2 is 1.79 bits per heavy atom. The topological polar surface area (TPSA) is 23.5 Å². The van der Waals surface area contributed by atoms with Crippen LogP contribution in [0.2, 0.25) is 0 Å². The summed E-state index contributed by atoms with van der Waals surface area (Å²) >= 11 is 0. The number of nitrogens with zero attached hydrogens (tertiary/aromatic N) is 1. The molecule has 0 spiro atoms. The van der Waals surface area contributed by atoms with Crippen molar-refractivity contribution in [2.45, 2.75) is 45.7 Å². The van der Waals surface area contributed by atoms with Gasteiger partial charge in [-0.05, 0) is 57.3 Å². The Hall–Kier alpha value is -1.80. The van der Waals surface area contributed by atoms with Gasteiger partial charge in [-0.1, -0.05) is 61.7 Å². The lowest BCUT2D eigenvalue weighted by molar-refractivity contribution is 0.266. The number of rotatable bonds is 9. The van der Waals surface area contributed by atoms with Crippen molar-refractivity contribution < 1.29 is 24.3 Å². The minimum Gasteiger partial charge on any atom is -0.508 e. The molecule has 24 heavy (non-hydrogen) atoms. The van der Waals surface area contributed by atoms with E-state index >= 15 is 0 Å². The lowest BCUT2D eigenvalue weighted by Crippen LogP contribution is -2.27. The molecular weight excluding hydrogens is 294 g/mol. The molecule has 1 atom stereocenters. The molecule has 0 saturated carbocycles. The summed E-state index contributed by atoms with van der Waals surface area (Å²) in [7, 11) is 0. The van der Waals surface area contributed by atoms with Crippen LogP contribution in [0, 0.1) is 6.92 Å². The third-order valence-electron chi connectivity index (χ3n) is 3.78. The van der Waals surface area contributed by atoms with E-state index < -0.39 is 51.9 Å². The molecule has 0 aliphatic heterocycles. The molecule has 0 aromatic heterocycles. The largest absolute Gasteiger partial charge is 0.508 e. The van der Waals surface area contributed by atoms with Gasteiger partial charge in [0.05, 0.1) is 0 Å². The molecule has 0 aliphatic carbocycles. The van der Waals surface area contributed by atoms with Crippen LogP contribution in [0.25, 0.3) is 0 Å². The van der Waals surface area contributed by atoms with Crippen LogP contribution in [-0.4, -0.2) is 29.5 Å². The summed E-state index contributed by atoms with van der Waals surface area (Å²) in [5, 5.41) is 10.6. The maximum Gasteiger partial charge on any atom is 0.119 e. The van der Waals surface area contributed by atoms with Crippen LogP contribution < -0.4 is 0 Å². The standard InChI is InChI=1S/C22H31NO/c1-4-14-23(15-5-2)16-13-20(19-9-7-6-8-10-19)21-17-18(3)11-12-22(21)24/h6-12,17,20,24H,4-5,13-16H2,1-3H3/t20-/m1/s1/i1D3,2D3,4D2,5D2,14D2,15D2. The van der Waals surface area contributed by atoms with Gasteiger partial charge in [0.25, 0.3) is 0 Å². The van der Waals surface area contributed by atoms with Crippen LogP contribution in [0.3, 0.4) is 0 Å². The third kappa shape index (κ3) is 5.10. The second-order valence-corrected chi connectivity index (χ2v) is 5.44. The number of phenolic OH excluding ortho intramolecular Hbond substituents is 1. The van der Waals surface area contributed by atoms with Crippen LogP contribution in [-0.2, 0) is 0 Å². The maximum atomic E-state index is 10.6. The summed E-state index contributed by atoms with van der Waals surface area (Å²) in [6.45, 7) is -13.6. The molecule has 0 amide bonds. The first-order chi connectivity index (χ1) is 17.0. The highest BCUT2D eigenvalue weighted by atomic mass is 16.3. The van der Waals surface area contributed by atoms with Crippen LogP contribution >= 0.6 is 0 Å². The number of hydrogen-bond donors (Lipinski definition) is 1. The maximum absolute atomic E-state index is 10.6. The predicted octanol–water partition coefficient (Wildman–Crippen LogP) is 5.34. The highest BCUT2D eigenvalue weighted by molar-refractivity contribution is 5.43. The second-order valence-electron chi connectivity index (χ2n) is 5.44. The van der Waals surface area contributed by atoms with Gasteiger partial charge in [-0.2, -0.15) is 0 Å². The molecular formula is C22H31NO. The zero-order valence-electron chi connectivity index (χ0n) is 27.5. The van der Waals surface area contributed by atoms with Gasteiger partial charge in [0.1, 0.15) is 5.75 Å². The van der Waals surface area contributed by atoms with Crippen molar-refractivity contribution in [1.82, 2.24) is 4.90 Å². The van der Waals surface area contributed by atoms with E-state index in [0.29, 0.717) is 11.1 Å². The van der Waals surface area contributed by atoms with E-state index in [1.165, 1.54) is 6.07 Å². The highest BCUT2D eigenvalue weighted by Crippen LogP contribution is 2.34. The Bertz CT molecular complexity index is 1060. The molecule has 0 aliphatic rings. The minimum absolute atomic E-state index is 0.0154. The van der Waals surface area contributed by atoms with Crippen molar-refractivity contribution in [2.75, 3.05) is 19.5 Å².